The molecule has 1 aliphatic rings. The first kappa shape index (κ1) is 14.7. The van der Waals surface area contributed by atoms with E-state index in [4.69, 9.17) is 4.74 Å². The van der Waals surface area contributed by atoms with Crippen LogP contribution in [0.2, 0.25) is 0 Å². The molecule has 110 valence electrons. The first-order valence-corrected chi connectivity index (χ1v) is 6.94. The van der Waals surface area contributed by atoms with Crippen molar-refractivity contribution in [2.75, 3.05) is 13.2 Å². The minimum atomic E-state index is -0.765. The van der Waals surface area contributed by atoms with Gasteiger partial charge in [0, 0.05) is 6.54 Å². The normalized spacial score (nSPS) is 22.9. The van der Waals surface area contributed by atoms with Gasteiger partial charge in [-0.15, -0.1) is 0 Å². The van der Waals surface area contributed by atoms with Crippen molar-refractivity contribution in [3.63, 3.8) is 0 Å². The lowest BCUT2D eigenvalue weighted by atomic mass is 10.0. The van der Waals surface area contributed by atoms with Crippen LogP contribution >= 0.6 is 0 Å². The number of aromatic hydroxyl groups is 1. The quantitative estimate of drug-likeness (QED) is 0.863. The summed E-state index contributed by atoms with van der Waals surface area (Å²) in [7, 11) is 0. The average Bonchev–Trinajstić information content (AvgIpc) is 2.75. The molecule has 2 N–H and O–H groups in total. The van der Waals surface area contributed by atoms with Gasteiger partial charge in [-0.3, -0.25) is 9.69 Å². The zero-order chi connectivity index (χ0) is 14.7. The van der Waals surface area contributed by atoms with E-state index in [2.05, 4.69) is 0 Å². The molecule has 0 spiro atoms. The summed E-state index contributed by atoms with van der Waals surface area (Å²) in [5.74, 6) is -0.0425. The monoisotopic (exact) mass is 279 g/mol. The highest BCUT2D eigenvalue weighted by Crippen LogP contribution is 2.30. The lowest BCUT2D eigenvalue weighted by Gasteiger charge is -2.23. The third kappa shape index (κ3) is 3.04. The van der Waals surface area contributed by atoms with E-state index < -0.39 is 12.0 Å². The second-order valence-electron chi connectivity index (χ2n) is 5.25. The molecule has 20 heavy (non-hydrogen) atoms. The van der Waals surface area contributed by atoms with E-state index >= 15 is 0 Å². The molecule has 0 amide bonds. The summed E-state index contributed by atoms with van der Waals surface area (Å²) in [6.07, 6.45) is 0.896. The van der Waals surface area contributed by atoms with Gasteiger partial charge in [-0.05, 0) is 43.5 Å². The summed E-state index contributed by atoms with van der Waals surface area (Å²) < 4.78 is 5.35. The minimum absolute atomic E-state index is 0.111. The molecular formula is C15H21NO4. The van der Waals surface area contributed by atoms with Crippen molar-refractivity contribution in [2.24, 2.45) is 5.92 Å². The first-order valence-electron chi connectivity index (χ1n) is 6.94. The van der Waals surface area contributed by atoms with Crippen molar-refractivity contribution in [1.82, 2.24) is 4.90 Å². The predicted molar refractivity (Wildman–Crippen MR) is 74.9 cm³/mol. The highest BCUT2D eigenvalue weighted by molar-refractivity contribution is 5.74. The summed E-state index contributed by atoms with van der Waals surface area (Å²) in [5.41, 5.74) is 0.951. The minimum Gasteiger partial charge on any atom is -0.504 e. The van der Waals surface area contributed by atoms with Crippen LogP contribution in [-0.4, -0.2) is 40.3 Å². The Hall–Kier alpha value is -1.75. The Morgan fingerprint density at radius 2 is 2.25 bits per heavy atom. The molecule has 1 heterocycles. The third-order valence-electron chi connectivity index (χ3n) is 3.77. The summed E-state index contributed by atoms with van der Waals surface area (Å²) in [6.45, 7) is 5.65. The molecule has 1 aromatic rings. The Morgan fingerprint density at radius 1 is 1.50 bits per heavy atom. The number of phenolic OH excluding ortho intramolecular Hbond substituents is 1. The van der Waals surface area contributed by atoms with Gasteiger partial charge < -0.3 is 14.9 Å². The Kier molecular flexibility index (Phi) is 4.49. The van der Waals surface area contributed by atoms with Crippen molar-refractivity contribution in [3.8, 4) is 11.5 Å². The van der Waals surface area contributed by atoms with Crippen LogP contribution in [-0.2, 0) is 11.3 Å². The molecule has 5 heteroatoms. The topological polar surface area (TPSA) is 70.0 Å². The molecule has 0 radical (unpaired) electrons. The SMILES string of the molecule is CCOc1cc(CN2CCC(C)C2C(=O)O)ccc1O. The third-order valence-corrected chi connectivity index (χ3v) is 3.77. The van der Waals surface area contributed by atoms with Crippen molar-refractivity contribution >= 4 is 5.97 Å². The van der Waals surface area contributed by atoms with Crippen molar-refractivity contribution < 1.29 is 19.7 Å². The number of likely N-dealkylation sites (tertiary alicyclic amines) is 1. The maximum Gasteiger partial charge on any atom is 0.321 e. The Balaban J connectivity index is 2.13. The average molecular weight is 279 g/mol. The van der Waals surface area contributed by atoms with Crippen LogP contribution < -0.4 is 4.74 Å². The summed E-state index contributed by atoms with van der Waals surface area (Å²) in [4.78, 5) is 13.3. The van der Waals surface area contributed by atoms with Crippen molar-refractivity contribution in [1.29, 1.82) is 0 Å². The van der Waals surface area contributed by atoms with Gasteiger partial charge in [-0.2, -0.15) is 0 Å². The molecule has 0 aromatic heterocycles. The zero-order valence-electron chi connectivity index (χ0n) is 11.9. The fourth-order valence-corrected chi connectivity index (χ4v) is 2.77. The Labute approximate surface area is 118 Å². The van der Waals surface area contributed by atoms with E-state index in [0.29, 0.717) is 18.9 Å². The number of carboxylic acid groups (broad SMARTS) is 1. The number of carbonyl (C=O) groups is 1. The number of aliphatic carboxylic acids is 1. The van der Waals surface area contributed by atoms with Crippen LogP contribution in [0.25, 0.3) is 0 Å². The second-order valence-corrected chi connectivity index (χ2v) is 5.25. The predicted octanol–water partition coefficient (Wildman–Crippen LogP) is 2.09. The summed E-state index contributed by atoms with van der Waals surface area (Å²) in [6, 6.07) is 4.75. The number of benzene rings is 1. The molecule has 0 aliphatic carbocycles. The van der Waals surface area contributed by atoms with Gasteiger partial charge in [0.05, 0.1) is 6.61 Å². The Morgan fingerprint density at radius 3 is 2.90 bits per heavy atom. The zero-order valence-corrected chi connectivity index (χ0v) is 11.9. The molecule has 0 saturated carbocycles. The fraction of sp³-hybridized carbons (Fsp3) is 0.533. The largest absolute Gasteiger partial charge is 0.504 e. The van der Waals surface area contributed by atoms with E-state index in [1.165, 1.54) is 0 Å². The van der Waals surface area contributed by atoms with Crippen LogP contribution in [0.1, 0.15) is 25.8 Å². The number of phenols is 1. The molecule has 0 bridgehead atoms. The number of hydrogen-bond donors (Lipinski definition) is 2. The maximum atomic E-state index is 11.3. The lowest BCUT2D eigenvalue weighted by Crippen LogP contribution is -2.38. The summed E-state index contributed by atoms with van der Waals surface area (Å²) >= 11 is 0. The van der Waals surface area contributed by atoms with Crippen LogP contribution in [0, 0.1) is 5.92 Å². The van der Waals surface area contributed by atoms with Crippen LogP contribution in [0.5, 0.6) is 11.5 Å². The Bertz CT molecular complexity index is 489. The maximum absolute atomic E-state index is 11.3. The van der Waals surface area contributed by atoms with Crippen LogP contribution in [0.4, 0.5) is 0 Å². The van der Waals surface area contributed by atoms with Gasteiger partial charge in [0.2, 0.25) is 0 Å². The number of hydrogen-bond acceptors (Lipinski definition) is 4. The molecule has 2 unspecified atom stereocenters. The van der Waals surface area contributed by atoms with Crippen molar-refractivity contribution in [2.45, 2.75) is 32.9 Å². The van der Waals surface area contributed by atoms with Gasteiger partial charge in [0.15, 0.2) is 11.5 Å². The summed E-state index contributed by atoms with van der Waals surface area (Å²) in [5, 5.41) is 19.0. The number of nitrogens with zero attached hydrogens (tertiary/aromatic N) is 1. The molecule has 1 aliphatic heterocycles. The van der Waals surface area contributed by atoms with E-state index in [1.807, 2.05) is 18.7 Å². The highest BCUT2D eigenvalue weighted by Gasteiger charge is 2.36. The molecule has 5 nitrogen and oxygen atoms in total. The second kappa shape index (κ2) is 6.13. The molecule has 2 rings (SSSR count). The van der Waals surface area contributed by atoms with Gasteiger partial charge in [-0.25, -0.2) is 0 Å². The molecule has 1 aromatic carbocycles. The van der Waals surface area contributed by atoms with Gasteiger partial charge in [0.1, 0.15) is 6.04 Å². The van der Waals surface area contributed by atoms with Gasteiger partial charge in [0.25, 0.3) is 0 Å². The fourth-order valence-electron chi connectivity index (χ4n) is 2.77. The van der Waals surface area contributed by atoms with E-state index in [-0.39, 0.29) is 11.7 Å². The van der Waals surface area contributed by atoms with E-state index in [0.717, 1.165) is 18.5 Å². The van der Waals surface area contributed by atoms with Gasteiger partial charge in [-0.1, -0.05) is 13.0 Å². The molecule has 2 atom stereocenters. The first-order chi connectivity index (χ1) is 9.52. The van der Waals surface area contributed by atoms with Gasteiger partial charge >= 0.3 is 5.97 Å². The van der Waals surface area contributed by atoms with Crippen LogP contribution in [0.15, 0.2) is 18.2 Å². The van der Waals surface area contributed by atoms with Crippen molar-refractivity contribution in [3.05, 3.63) is 23.8 Å². The van der Waals surface area contributed by atoms with E-state index in [1.54, 1.807) is 18.2 Å². The molecule has 1 fully saturated rings. The molecule has 1 saturated heterocycles. The lowest BCUT2D eigenvalue weighted by molar-refractivity contribution is -0.143. The standard InChI is InChI=1S/C15H21NO4/c1-3-20-13-8-11(4-5-12(13)17)9-16-7-6-10(2)14(16)15(18)19/h4-5,8,10,14,17H,3,6-7,9H2,1-2H3,(H,18,19). The highest BCUT2D eigenvalue weighted by atomic mass is 16.5. The smallest absolute Gasteiger partial charge is 0.321 e. The molecular weight excluding hydrogens is 258 g/mol. The van der Waals surface area contributed by atoms with Crippen LogP contribution in [0.3, 0.4) is 0 Å². The number of ether oxygens (including phenoxy) is 1. The number of rotatable bonds is 5. The van der Waals surface area contributed by atoms with E-state index in [9.17, 15) is 15.0 Å². The number of carboxylic acids is 1.